The van der Waals surface area contributed by atoms with Gasteiger partial charge in [-0.15, -0.1) is 0 Å². The molecule has 27 heavy (non-hydrogen) atoms. The molecule has 1 heterocycles. The summed E-state index contributed by atoms with van der Waals surface area (Å²) in [6, 6.07) is 9.68. The molecule has 0 radical (unpaired) electrons. The lowest BCUT2D eigenvalue weighted by atomic mass is 10.1. The van der Waals surface area contributed by atoms with Gasteiger partial charge in [0.2, 0.25) is 0 Å². The molecular formula is C20H22ClN3O3. The van der Waals surface area contributed by atoms with Crippen LogP contribution in [0.1, 0.15) is 11.1 Å². The summed E-state index contributed by atoms with van der Waals surface area (Å²) in [5, 5.41) is 3.90. The molecule has 0 unspecified atom stereocenters. The summed E-state index contributed by atoms with van der Waals surface area (Å²) in [4.78, 5) is 4.09. The molecule has 2 aromatic carbocycles. The van der Waals surface area contributed by atoms with E-state index in [1.807, 2.05) is 22.9 Å². The molecule has 0 saturated carbocycles. The van der Waals surface area contributed by atoms with Crippen molar-refractivity contribution in [1.29, 1.82) is 0 Å². The van der Waals surface area contributed by atoms with Crippen LogP contribution < -0.4 is 19.5 Å². The number of halogens is 1. The first-order valence-corrected chi connectivity index (χ1v) is 8.79. The van der Waals surface area contributed by atoms with Gasteiger partial charge in [-0.1, -0.05) is 17.7 Å². The quantitative estimate of drug-likeness (QED) is 0.627. The predicted octanol–water partition coefficient (Wildman–Crippen LogP) is 4.22. The van der Waals surface area contributed by atoms with Gasteiger partial charge in [0.15, 0.2) is 0 Å². The maximum Gasteiger partial charge on any atom is 0.145 e. The third-order valence-electron chi connectivity index (χ3n) is 4.21. The Morgan fingerprint density at radius 1 is 1.00 bits per heavy atom. The van der Waals surface area contributed by atoms with E-state index in [2.05, 4.69) is 16.4 Å². The van der Waals surface area contributed by atoms with Crippen LogP contribution in [-0.2, 0) is 13.1 Å². The SMILES string of the molecule is COc1cc(OC)c(NCc2ccc(OC)c(Cn3ccnc3)c2)cc1Cl. The van der Waals surface area contributed by atoms with E-state index < -0.39 is 0 Å². The third kappa shape index (κ3) is 4.46. The van der Waals surface area contributed by atoms with Crippen molar-refractivity contribution in [2.24, 2.45) is 0 Å². The average molecular weight is 388 g/mol. The van der Waals surface area contributed by atoms with Crippen LogP contribution in [0.2, 0.25) is 5.02 Å². The number of anilines is 1. The van der Waals surface area contributed by atoms with E-state index in [1.54, 1.807) is 46.0 Å². The summed E-state index contributed by atoms with van der Waals surface area (Å²) in [6.07, 6.45) is 5.47. The number of hydrogen-bond acceptors (Lipinski definition) is 5. The first-order chi connectivity index (χ1) is 13.1. The number of benzene rings is 2. The lowest BCUT2D eigenvalue weighted by molar-refractivity contribution is 0.395. The molecule has 0 spiro atoms. The van der Waals surface area contributed by atoms with Crippen molar-refractivity contribution in [3.05, 3.63) is 65.2 Å². The molecule has 3 rings (SSSR count). The number of ether oxygens (including phenoxy) is 3. The highest BCUT2D eigenvalue weighted by atomic mass is 35.5. The molecule has 0 amide bonds. The van der Waals surface area contributed by atoms with Crippen molar-refractivity contribution >= 4 is 17.3 Å². The molecule has 0 aliphatic carbocycles. The number of hydrogen-bond donors (Lipinski definition) is 1. The minimum Gasteiger partial charge on any atom is -0.496 e. The topological polar surface area (TPSA) is 57.5 Å². The summed E-state index contributed by atoms with van der Waals surface area (Å²) in [5.74, 6) is 2.09. The molecule has 0 aliphatic rings. The van der Waals surface area contributed by atoms with Crippen LogP contribution in [0.5, 0.6) is 17.2 Å². The van der Waals surface area contributed by atoms with Crippen LogP contribution in [0.4, 0.5) is 5.69 Å². The van der Waals surface area contributed by atoms with Crippen LogP contribution in [0, 0.1) is 0 Å². The van der Waals surface area contributed by atoms with E-state index in [-0.39, 0.29) is 0 Å². The summed E-state index contributed by atoms with van der Waals surface area (Å²) in [5.41, 5.74) is 2.99. The molecule has 0 fully saturated rings. The predicted molar refractivity (Wildman–Crippen MR) is 106 cm³/mol. The zero-order chi connectivity index (χ0) is 19.2. The number of imidazole rings is 1. The Hall–Kier alpha value is -2.86. The highest BCUT2D eigenvalue weighted by Crippen LogP contribution is 2.36. The second-order valence-electron chi connectivity index (χ2n) is 5.92. The molecule has 0 saturated heterocycles. The maximum absolute atomic E-state index is 6.24. The highest BCUT2D eigenvalue weighted by Gasteiger charge is 2.11. The molecule has 3 aromatic rings. The summed E-state index contributed by atoms with van der Waals surface area (Å²) in [7, 11) is 4.87. The molecule has 0 bridgehead atoms. The van der Waals surface area contributed by atoms with E-state index in [0.29, 0.717) is 29.6 Å². The van der Waals surface area contributed by atoms with Gasteiger partial charge in [0.25, 0.3) is 0 Å². The molecule has 0 atom stereocenters. The van der Waals surface area contributed by atoms with Gasteiger partial charge in [0.1, 0.15) is 17.2 Å². The highest BCUT2D eigenvalue weighted by molar-refractivity contribution is 6.32. The van der Waals surface area contributed by atoms with Crippen molar-refractivity contribution in [3.63, 3.8) is 0 Å². The first kappa shape index (κ1) is 18.9. The second-order valence-corrected chi connectivity index (χ2v) is 6.33. The smallest absolute Gasteiger partial charge is 0.145 e. The van der Waals surface area contributed by atoms with Gasteiger partial charge in [0, 0.05) is 30.6 Å². The monoisotopic (exact) mass is 387 g/mol. The van der Waals surface area contributed by atoms with Gasteiger partial charge in [-0.25, -0.2) is 4.98 Å². The van der Waals surface area contributed by atoms with Crippen LogP contribution in [0.15, 0.2) is 49.1 Å². The lowest BCUT2D eigenvalue weighted by Gasteiger charge is -2.15. The molecule has 142 valence electrons. The Bertz CT molecular complexity index is 898. The summed E-state index contributed by atoms with van der Waals surface area (Å²) < 4.78 is 18.2. The Morgan fingerprint density at radius 3 is 2.44 bits per heavy atom. The van der Waals surface area contributed by atoms with E-state index in [1.165, 1.54) is 0 Å². The zero-order valence-electron chi connectivity index (χ0n) is 15.5. The fourth-order valence-corrected chi connectivity index (χ4v) is 3.08. The Kier molecular flexibility index (Phi) is 6.08. The van der Waals surface area contributed by atoms with Gasteiger partial charge >= 0.3 is 0 Å². The summed E-state index contributed by atoms with van der Waals surface area (Å²) in [6.45, 7) is 1.30. The van der Waals surface area contributed by atoms with Crippen LogP contribution in [0.3, 0.4) is 0 Å². The number of nitrogens with zero attached hydrogens (tertiary/aromatic N) is 2. The molecular weight excluding hydrogens is 366 g/mol. The third-order valence-corrected chi connectivity index (χ3v) is 4.51. The minimum absolute atomic E-state index is 0.524. The van der Waals surface area contributed by atoms with E-state index in [4.69, 9.17) is 25.8 Å². The van der Waals surface area contributed by atoms with Gasteiger partial charge in [0.05, 0.1) is 44.9 Å². The van der Waals surface area contributed by atoms with Crippen molar-refractivity contribution in [2.45, 2.75) is 13.1 Å². The van der Waals surface area contributed by atoms with Crippen molar-refractivity contribution in [3.8, 4) is 17.2 Å². The number of rotatable bonds is 8. The average Bonchev–Trinajstić information content (AvgIpc) is 3.19. The number of nitrogens with one attached hydrogen (secondary N) is 1. The Labute approximate surface area is 163 Å². The van der Waals surface area contributed by atoms with Crippen molar-refractivity contribution in [1.82, 2.24) is 9.55 Å². The fraction of sp³-hybridized carbons (Fsp3) is 0.250. The lowest BCUT2D eigenvalue weighted by Crippen LogP contribution is -2.05. The molecule has 1 N–H and O–H groups in total. The maximum atomic E-state index is 6.24. The molecule has 1 aromatic heterocycles. The Balaban J connectivity index is 1.79. The zero-order valence-corrected chi connectivity index (χ0v) is 16.3. The first-order valence-electron chi connectivity index (χ1n) is 8.41. The molecule has 7 heteroatoms. The van der Waals surface area contributed by atoms with Crippen LogP contribution in [0.25, 0.3) is 0 Å². The number of aromatic nitrogens is 2. The number of methoxy groups -OCH3 is 3. The summed E-state index contributed by atoms with van der Waals surface area (Å²) >= 11 is 6.24. The van der Waals surface area contributed by atoms with Gasteiger partial charge < -0.3 is 24.1 Å². The van der Waals surface area contributed by atoms with E-state index in [9.17, 15) is 0 Å². The standard InChI is InChI=1S/C20H22ClN3O3/c1-25-18-5-4-14(8-15(18)12-24-7-6-22-13-24)11-23-17-9-16(21)19(26-2)10-20(17)27-3/h4-10,13,23H,11-12H2,1-3H3. The Morgan fingerprint density at radius 2 is 1.78 bits per heavy atom. The minimum atomic E-state index is 0.524. The van der Waals surface area contributed by atoms with Crippen LogP contribution >= 0.6 is 11.6 Å². The van der Waals surface area contributed by atoms with Crippen LogP contribution in [-0.4, -0.2) is 30.9 Å². The fourth-order valence-electron chi connectivity index (χ4n) is 2.84. The second kappa shape index (κ2) is 8.68. The van der Waals surface area contributed by atoms with Crippen molar-refractivity contribution in [2.75, 3.05) is 26.6 Å². The normalized spacial score (nSPS) is 10.5. The van der Waals surface area contributed by atoms with Gasteiger partial charge in [-0.05, 0) is 23.8 Å². The van der Waals surface area contributed by atoms with E-state index >= 15 is 0 Å². The largest absolute Gasteiger partial charge is 0.496 e. The van der Waals surface area contributed by atoms with Gasteiger partial charge in [-0.3, -0.25) is 0 Å². The molecule has 6 nitrogen and oxygen atoms in total. The van der Waals surface area contributed by atoms with Crippen molar-refractivity contribution < 1.29 is 14.2 Å². The van der Waals surface area contributed by atoms with Gasteiger partial charge in [-0.2, -0.15) is 0 Å². The van der Waals surface area contributed by atoms with E-state index in [0.717, 1.165) is 22.6 Å². The molecule has 0 aliphatic heterocycles.